The van der Waals surface area contributed by atoms with E-state index in [1.807, 2.05) is 0 Å². The summed E-state index contributed by atoms with van der Waals surface area (Å²) < 4.78 is 48.8. The molecular formula is C15H19ClFNO5S. The Kier molecular flexibility index (Phi) is 6.06. The molecule has 6 nitrogen and oxygen atoms in total. The van der Waals surface area contributed by atoms with E-state index < -0.39 is 27.6 Å². The van der Waals surface area contributed by atoms with Crippen LogP contribution in [0.5, 0.6) is 5.75 Å². The maximum atomic E-state index is 14.6. The Balaban J connectivity index is 2.54. The van der Waals surface area contributed by atoms with Crippen LogP contribution < -0.4 is 10.1 Å². The molecule has 0 bridgehead atoms. The van der Waals surface area contributed by atoms with Crippen LogP contribution in [0, 0.1) is 5.82 Å². The van der Waals surface area contributed by atoms with Crippen LogP contribution in [0.4, 0.5) is 4.39 Å². The number of nitrogens with one attached hydrogen (secondary N) is 1. The Morgan fingerprint density at radius 1 is 1.38 bits per heavy atom. The minimum absolute atomic E-state index is 0.00483. The summed E-state index contributed by atoms with van der Waals surface area (Å²) >= 11 is 5.94. The van der Waals surface area contributed by atoms with Crippen molar-refractivity contribution >= 4 is 27.6 Å². The molecule has 0 saturated carbocycles. The Morgan fingerprint density at radius 2 is 2.08 bits per heavy atom. The summed E-state index contributed by atoms with van der Waals surface area (Å²) in [6.45, 7) is 3.71. The summed E-state index contributed by atoms with van der Waals surface area (Å²) in [6, 6.07) is 1.23. The van der Waals surface area contributed by atoms with Gasteiger partial charge >= 0.3 is 0 Å². The van der Waals surface area contributed by atoms with Crippen molar-refractivity contribution in [2.75, 3.05) is 19.8 Å². The fraction of sp³-hybridized carbons (Fsp3) is 0.533. The fourth-order valence-electron chi connectivity index (χ4n) is 2.69. The molecule has 134 valence electrons. The second kappa shape index (κ2) is 7.67. The number of rotatable bonds is 7. The molecule has 1 aromatic carbocycles. The van der Waals surface area contributed by atoms with Crippen molar-refractivity contribution in [2.45, 2.75) is 31.9 Å². The van der Waals surface area contributed by atoms with Crippen molar-refractivity contribution in [1.82, 2.24) is 5.32 Å². The first-order valence-corrected chi connectivity index (χ1v) is 9.51. The van der Waals surface area contributed by atoms with E-state index in [9.17, 15) is 17.6 Å². The molecule has 1 heterocycles. The highest BCUT2D eigenvalue weighted by molar-refractivity contribution is 7.85. The number of carbonyl (C=O) groups excluding carboxylic acids is 1. The van der Waals surface area contributed by atoms with E-state index >= 15 is 0 Å². The molecule has 0 aromatic heterocycles. The quantitative estimate of drug-likeness (QED) is 0.735. The van der Waals surface area contributed by atoms with E-state index in [0.29, 0.717) is 0 Å². The van der Waals surface area contributed by atoms with E-state index in [-0.39, 0.29) is 54.0 Å². The lowest BCUT2D eigenvalue weighted by Gasteiger charge is -2.20. The van der Waals surface area contributed by atoms with Crippen molar-refractivity contribution in [1.29, 1.82) is 0 Å². The largest absolute Gasteiger partial charge is 0.493 e. The second-order valence-electron chi connectivity index (χ2n) is 5.32. The average molecular weight is 380 g/mol. The highest BCUT2D eigenvalue weighted by Gasteiger charge is 2.32. The summed E-state index contributed by atoms with van der Waals surface area (Å²) in [6.07, 6.45) is 0.0922. The van der Waals surface area contributed by atoms with Gasteiger partial charge in [-0.05, 0) is 19.9 Å². The average Bonchev–Trinajstić information content (AvgIpc) is 2.90. The fourth-order valence-corrected chi connectivity index (χ4v) is 3.96. The van der Waals surface area contributed by atoms with Crippen LogP contribution in [0.25, 0.3) is 0 Å². The predicted molar refractivity (Wildman–Crippen MR) is 87.2 cm³/mol. The first kappa shape index (κ1) is 19.0. The topological polar surface area (TPSA) is 81.7 Å². The molecule has 0 spiro atoms. The number of benzene rings is 1. The maximum absolute atomic E-state index is 14.6. The Hall–Kier alpha value is -1.38. The highest BCUT2D eigenvalue weighted by Crippen LogP contribution is 2.40. The summed E-state index contributed by atoms with van der Waals surface area (Å²) in [5, 5.41) is 2.41. The zero-order valence-electron chi connectivity index (χ0n) is 13.4. The minimum Gasteiger partial charge on any atom is -0.493 e. The van der Waals surface area contributed by atoms with Gasteiger partial charge in [0, 0.05) is 30.0 Å². The van der Waals surface area contributed by atoms with Gasteiger partial charge in [0.15, 0.2) is 0 Å². The SMILES string of the molecule is CCOc1c(CS(=O)(=O)OCC)cc(Cl)c(F)c1C1CNC(=O)C1. The Morgan fingerprint density at radius 3 is 2.62 bits per heavy atom. The van der Waals surface area contributed by atoms with Crippen LogP contribution in [0.2, 0.25) is 5.02 Å². The smallest absolute Gasteiger partial charge is 0.271 e. The van der Waals surface area contributed by atoms with Gasteiger partial charge in [-0.25, -0.2) is 4.39 Å². The van der Waals surface area contributed by atoms with Gasteiger partial charge in [-0.3, -0.25) is 8.98 Å². The highest BCUT2D eigenvalue weighted by atomic mass is 35.5. The number of hydrogen-bond acceptors (Lipinski definition) is 5. The van der Waals surface area contributed by atoms with Crippen LogP contribution in [-0.2, 0) is 24.8 Å². The van der Waals surface area contributed by atoms with Crippen LogP contribution in [0.3, 0.4) is 0 Å². The molecule has 1 unspecified atom stereocenters. The van der Waals surface area contributed by atoms with Gasteiger partial charge in [-0.1, -0.05) is 11.6 Å². The number of hydrogen-bond donors (Lipinski definition) is 1. The summed E-state index contributed by atoms with van der Waals surface area (Å²) in [5.41, 5.74) is 0.343. The maximum Gasteiger partial charge on any atom is 0.271 e. The minimum atomic E-state index is -3.85. The molecule has 1 aliphatic heterocycles. The zero-order chi connectivity index (χ0) is 17.9. The molecule has 0 aliphatic carbocycles. The van der Waals surface area contributed by atoms with Crippen molar-refractivity contribution < 1.29 is 26.5 Å². The van der Waals surface area contributed by atoms with Crippen molar-refractivity contribution in [2.24, 2.45) is 0 Å². The molecule has 1 amide bonds. The molecule has 1 N–H and O–H groups in total. The molecule has 24 heavy (non-hydrogen) atoms. The molecule has 9 heteroatoms. The standard InChI is InChI=1S/C15H19ClFNO5S/c1-3-22-15-10(8-24(20,21)23-4-2)5-11(16)14(17)13(15)9-6-12(19)18-7-9/h5,9H,3-4,6-8H2,1-2H3,(H,18,19). The normalized spacial score (nSPS) is 17.8. The van der Waals surface area contributed by atoms with Gasteiger partial charge in [0.2, 0.25) is 5.91 Å². The van der Waals surface area contributed by atoms with E-state index in [1.165, 1.54) is 6.07 Å². The van der Waals surface area contributed by atoms with Crippen LogP contribution in [-0.4, -0.2) is 34.1 Å². The molecule has 1 saturated heterocycles. The van der Waals surface area contributed by atoms with Gasteiger partial charge in [0.05, 0.1) is 18.2 Å². The summed E-state index contributed by atoms with van der Waals surface area (Å²) in [4.78, 5) is 11.5. The van der Waals surface area contributed by atoms with Crippen molar-refractivity contribution in [3.63, 3.8) is 0 Å². The van der Waals surface area contributed by atoms with Gasteiger partial charge in [-0.2, -0.15) is 8.42 Å². The number of ether oxygens (including phenoxy) is 1. The monoisotopic (exact) mass is 379 g/mol. The first-order valence-electron chi connectivity index (χ1n) is 7.56. The Bertz CT molecular complexity index is 738. The van der Waals surface area contributed by atoms with E-state index in [1.54, 1.807) is 13.8 Å². The summed E-state index contributed by atoms with van der Waals surface area (Å²) in [5.74, 6) is -1.74. The zero-order valence-corrected chi connectivity index (χ0v) is 15.0. The molecule has 1 aromatic rings. The molecule has 0 radical (unpaired) electrons. The lowest BCUT2D eigenvalue weighted by molar-refractivity contribution is -0.119. The van der Waals surface area contributed by atoms with Crippen LogP contribution in [0.1, 0.15) is 37.3 Å². The summed E-state index contributed by atoms with van der Waals surface area (Å²) in [7, 11) is -3.85. The number of amides is 1. The van der Waals surface area contributed by atoms with Crippen LogP contribution in [0.15, 0.2) is 6.07 Å². The van der Waals surface area contributed by atoms with E-state index in [0.717, 1.165) is 0 Å². The molecular weight excluding hydrogens is 361 g/mol. The van der Waals surface area contributed by atoms with Crippen molar-refractivity contribution in [3.05, 3.63) is 28.0 Å². The Labute approximate surface area is 145 Å². The van der Waals surface area contributed by atoms with Gasteiger partial charge < -0.3 is 10.1 Å². The lowest BCUT2D eigenvalue weighted by atomic mass is 9.94. The van der Waals surface area contributed by atoms with Crippen molar-refractivity contribution in [3.8, 4) is 5.75 Å². The van der Waals surface area contributed by atoms with Gasteiger partial charge in [-0.15, -0.1) is 0 Å². The lowest BCUT2D eigenvalue weighted by Crippen LogP contribution is -2.15. The number of halogens is 2. The third kappa shape index (κ3) is 4.17. The van der Waals surface area contributed by atoms with Crippen LogP contribution >= 0.6 is 11.6 Å². The third-order valence-electron chi connectivity index (χ3n) is 3.59. The second-order valence-corrected chi connectivity index (χ2v) is 7.37. The molecule has 1 fully saturated rings. The van der Waals surface area contributed by atoms with Gasteiger partial charge in [0.1, 0.15) is 17.3 Å². The van der Waals surface area contributed by atoms with Gasteiger partial charge in [0.25, 0.3) is 10.1 Å². The predicted octanol–water partition coefficient (Wildman–Crippen LogP) is 2.35. The van der Waals surface area contributed by atoms with E-state index in [4.69, 9.17) is 20.5 Å². The third-order valence-corrected chi connectivity index (χ3v) is 5.12. The molecule has 2 rings (SSSR count). The number of carbonyl (C=O) groups is 1. The first-order chi connectivity index (χ1) is 11.3. The molecule has 1 atom stereocenters. The molecule has 1 aliphatic rings. The van der Waals surface area contributed by atoms with E-state index in [2.05, 4.69) is 5.32 Å².